The molecule has 2 aliphatic rings. The molecular formula is C25H37F3N2O5S. The lowest BCUT2D eigenvalue weighted by Gasteiger charge is -2.29. The van der Waals surface area contributed by atoms with Crippen molar-refractivity contribution >= 4 is 16.0 Å². The van der Waals surface area contributed by atoms with Crippen LogP contribution in [0, 0.1) is 12.7 Å². The fourth-order valence-corrected chi connectivity index (χ4v) is 6.60. The van der Waals surface area contributed by atoms with Crippen molar-refractivity contribution in [1.29, 1.82) is 0 Å². The quantitative estimate of drug-likeness (QED) is 0.331. The Kier molecular flexibility index (Phi) is 9.68. The van der Waals surface area contributed by atoms with Crippen LogP contribution in [0.3, 0.4) is 0 Å². The van der Waals surface area contributed by atoms with Crippen molar-refractivity contribution in [2.75, 3.05) is 20.2 Å². The molecule has 36 heavy (non-hydrogen) atoms. The lowest BCUT2D eigenvalue weighted by Crippen LogP contribution is -2.41. The van der Waals surface area contributed by atoms with E-state index in [9.17, 15) is 22.0 Å². The molecule has 1 saturated carbocycles. The number of hydrogen-bond donors (Lipinski definition) is 1. The number of aryl methyl sites for hydroxylation is 1. The summed E-state index contributed by atoms with van der Waals surface area (Å²) in [5, 5.41) is 3.32. The second-order valence-electron chi connectivity index (χ2n) is 9.83. The molecule has 11 heteroatoms. The number of rotatable bonds is 11. The van der Waals surface area contributed by atoms with Crippen LogP contribution in [-0.2, 0) is 19.6 Å². The van der Waals surface area contributed by atoms with E-state index in [-0.39, 0.29) is 41.6 Å². The summed E-state index contributed by atoms with van der Waals surface area (Å²) in [6, 6.07) is 1.86. The van der Waals surface area contributed by atoms with E-state index < -0.39 is 39.9 Å². The highest BCUT2D eigenvalue weighted by molar-refractivity contribution is 7.89. The topological polar surface area (TPSA) is 84.9 Å². The number of sulfonamides is 1. The zero-order chi connectivity index (χ0) is 26.5. The molecule has 0 radical (unpaired) electrons. The molecule has 1 saturated heterocycles. The number of alkyl halides is 2. The highest BCUT2D eigenvalue weighted by Gasteiger charge is 2.42. The maximum atomic E-state index is 15.1. The normalized spacial score (nSPS) is 21.9. The fraction of sp³-hybridized carbons (Fsp3) is 0.720. The van der Waals surface area contributed by atoms with Gasteiger partial charge in [-0.2, -0.15) is 4.31 Å². The van der Waals surface area contributed by atoms with Gasteiger partial charge in [-0.25, -0.2) is 21.6 Å². The van der Waals surface area contributed by atoms with Crippen LogP contribution >= 0.6 is 0 Å². The van der Waals surface area contributed by atoms with Gasteiger partial charge in [-0.3, -0.25) is 4.79 Å². The van der Waals surface area contributed by atoms with Crippen molar-refractivity contribution in [3.05, 3.63) is 23.5 Å². The van der Waals surface area contributed by atoms with E-state index in [0.29, 0.717) is 38.6 Å². The van der Waals surface area contributed by atoms with Gasteiger partial charge in [-0.05, 0) is 77.0 Å². The minimum atomic E-state index is -4.20. The smallest absolute Gasteiger partial charge is 0.324 e. The molecule has 1 aliphatic heterocycles. The van der Waals surface area contributed by atoms with E-state index in [0.717, 1.165) is 17.1 Å². The van der Waals surface area contributed by atoms with Gasteiger partial charge < -0.3 is 14.8 Å². The molecule has 1 N–H and O–H groups in total. The predicted molar refractivity (Wildman–Crippen MR) is 129 cm³/mol. The highest BCUT2D eigenvalue weighted by atomic mass is 32.2. The van der Waals surface area contributed by atoms with Gasteiger partial charge in [-0.15, -0.1) is 0 Å². The van der Waals surface area contributed by atoms with Crippen LogP contribution in [-0.4, -0.2) is 63.0 Å². The molecule has 0 unspecified atom stereocenters. The zero-order valence-electron chi connectivity index (χ0n) is 21.2. The molecular weight excluding hydrogens is 497 g/mol. The molecule has 0 aromatic heterocycles. The summed E-state index contributed by atoms with van der Waals surface area (Å²) in [4.78, 5) is 11.8. The third-order valence-corrected chi connectivity index (χ3v) is 8.96. The third-order valence-electron chi connectivity index (χ3n) is 7.02. The van der Waals surface area contributed by atoms with Gasteiger partial charge in [0.1, 0.15) is 10.9 Å². The minimum absolute atomic E-state index is 0.0827. The fourth-order valence-electron chi connectivity index (χ4n) is 4.84. The number of benzene rings is 1. The standard InChI is InChI=1S/C25H37F3N2O5S/c1-17-9-10-21(36(32,33)30-16-6-8-20(30)24(31)34-3)23(22(17)26)35-18(2)7-4-5-15-29-19-11-13-25(27,28)14-12-19/h9-10,18-20,29H,4-8,11-16H2,1-3H3/t18-,20+/m1/s1. The van der Waals surface area contributed by atoms with Crippen LogP contribution in [0.25, 0.3) is 0 Å². The number of carbonyl (C=O) groups excluding carboxylic acids is 1. The summed E-state index contributed by atoms with van der Waals surface area (Å²) < 4.78 is 80.2. The molecule has 2 atom stereocenters. The van der Waals surface area contributed by atoms with Gasteiger partial charge in [0.05, 0.1) is 13.2 Å². The number of carbonyl (C=O) groups is 1. The zero-order valence-corrected chi connectivity index (χ0v) is 22.0. The summed E-state index contributed by atoms with van der Waals surface area (Å²) in [7, 11) is -3.00. The summed E-state index contributed by atoms with van der Waals surface area (Å²) >= 11 is 0. The van der Waals surface area contributed by atoms with Gasteiger partial charge in [0, 0.05) is 25.4 Å². The van der Waals surface area contributed by atoms with Gasteiger partial charge in [0.25, 0.3) is 0 Å². The van der Waals surface area contributed by atoms with Crippen molar-refractivity contribution in [1.82, 2.24) is 9.62 Å². The first-order valence-electron chi connectivity index (χ1n) is 12.6. The molecule has 0 spiro atoms. The Hall–Kier alpha value is -1.85. The molecule has 1 aromatic rings. The molecule has 1 heterocycles. The van der Waals surface area contributed by atoms with Crippen molar-refractivity contribution in [2.45, 2.75) is 101 Å². The van der Waals surface area contributed by atoms with Gasteiger partial charge >= 0.3 is 5.97 Å². The first-order valence-corrected chi connectivity index (χ1v) is 14.1. The van der Waals surface area contributed by atoms with Gasteiger partial charge in [0.15, 0.2) is 11.6 Å². The number of hydrogen-bond acceptors (Lipinski definition) is 6. The van der Waals surface area contributed by atoms with Gasteiger partial charge in [0.2, 0.25) is 15.9 Å². The monoisotopic (exact) mass is 534 g/mol. The number of ether oxygens (including phenoxy) is 2. The van der Waals surface area contributed by atoms with Crippen LogP contribution in [0.15, 0.2) is 17.0 Å². The van der Waals surface area contributed by atoms with E-state index >= 15 is 4.39 Å². The lowest BCUT2D eigenvalue weighted by molar-refractivity contribution is -0.144. The van der Waals surface area contributed by atoms with Crippen LogP contribution < -0.4 is 10.1 Å². The first-order chi connectivity index (χ1) is 17.0. The molecule has 7 nitrogen and oxygen atoms in total. The Morgan fingerprint density at radius 3 is 2.58 bits per heavy atom. The lowest BCUT2D eigenvalue weighted by atomic mass is 9.92. The molecule has 0 amide bonds. The summed E-state index contributed by atoms with van der Waals surface area (Å²) in [6.07, 6.45) is 3.22. The second kappa shape index (κ2) is 12.1. The maximum Gasteiger partial charge on any atom is 0.324 e. The van der Waals surface area contributed by atoms with Crippen LogP contribution in [0.2, 0.25) is 0 Å². The minimum Gasteiger partial charge on any atom is -0.486 e. The Bertz CT molecular complexity index is 1010. The Morgan fingerprint density at radius 1 is 1.22 bits per heavy atom. The van der Waals surface area contributed by atoms with E-state index in [1.807, 2.05) is 0 Å². The van der Waals surface area contributed by atoms with Gasteiger partial charge in [-0.1, -0.05) is 6.07 Å². The number of unbranched alkanes of at least 4 members (excludes halogenated alkanes) is 1. The number of esters is 1. The molecule has 2 fully saturated rings. The number of nitrogens with one attached hydrogen (secondary N) is 1. The largest absolute Gasteiger partial charge is 0.486 e. The Balaban J connectivity index is 1.60. The number of methoxy groups -OCH3 is 1. The Labute approximate surface area is 211 Å². The van der Waals surface area contributed by atoms with Crippen LogP contribution in [0.4, 0.5) is 13.2 Å². The van der Waals surface area contributed by atoms with E-state index in [2.05, 4.69) is 5.32 Å². The number of nitrogens with zero attached hydrogens (tertiary/aromatic N) is 1. The average Bonchev–Trinajstić information content (AvgIpc) is 3.33. The molecule has 0 bridgehead atoms. The maximum absolute atomic E-state index is 15.1. The summed E-state index contributed by atoms with van der Waals surface area (Å²) in [6.45, 7) is 4.11. The molecule has 204 valence electrons. The Morgan fingerprint density at radius 2 is 1.92 bits per heavy atom. The average molecular weight is 535 g/mol. The third kappa shape index (κ3) is 6.92. The van der Waals surface area contributed by atoms with E-state index in [4.69, 9.17) is 9.47 Å². The van der Waals surface area contributed by atoms with E-state index in [1.165, 1.54) is 26.2 Å². The SMILES string of the molecule is COC(=O)[C@@H]1CCCN1S(=O)(=O)c1ccc(C)c(F)c1O[C@H](C)CCCCNC1CCC(F)(F)CC1. The number of halogens is 3. The van der Waals surface area contributed by atoms with Crippen molar-refractivity contribution in [2.24, 2.45) is 0 Å². The predicted octanol–water partition coefficient (Wildman–Crippen LogP) is 4.57. The first kappa shape index (κ1) is 28.7. The van der Waals surface area contributed by atoms with E-state index in [1.54, 1.807) is 6.92 Å². The second-order valence-corrected chi connectivity index (χ2v) is 11.7. The van der Waals surface area contributed by atoms with Crippen molar-refractivity contribution in [3.8, 4) is 5.75 Å². The highest BCUT2D eigenvalue weighted by Crippen LogP contribution is 2.36. The van der Waals surface area contributed by atoms with Crippen LogP contribution in [0.5, 0.6) is 5.75 Å². The van der Waals surface area contributed by atoms with Crippen molar-refractivity contribution in [3.63, 3.8) is 0 Å². The van der Waals surface area contributed by atoms with Crippen molar-refractivity contribution < 1.29 is 35.9 Å². The molecule has 1 aromatic carbocycles. The summed E-state index contributed by atoms with van der Waals surface area (Å²) in [5.41, 5.74) is 0.254. The van der Waals surface area contributed by atoms with Crippen LogP contribution in [0.1, 0.15) is 70.3 Å². The molecule has 3 rings (SSSR count). The summed E-state index contributed by atoms with van der Waals surface area (Å²) in [5.74, 6) is -4.26. The molecule has 1 aliphatic carbocycles.